The number of aromatic nitrogens is 3. The van der Waals surface area contributed by atoms with Crippen LogP contribution in [0.15, 0.2) is 42.7 Å². The molecule has 0 bridgehead atoms. The van der Waals surface area contributed by atoms with Gasteiger partial charge < -0.3 is 5.73 Å². The number of fused-ring (bicyclic) bond motifs is 1. The molecule has 0 spiro atoms. The second kappa shape index (κ2) is 4.07. The largest absolute Gasteiger partial charge is 0.382 e. The van der Waals surface area contributed by atoms with Gasteiger partial charge in [-0.25, -0.2) is 0 Å². The Morgan fingerprint density at radius 1 is 1.00 bits per heavy atom. The topological polar surface area (TPSA) is 64.7 Å². The number of rotatable bonds is 1. The van der Waals surface area contributed by atoms with Crippen LogP contribution in [0.5, 0.6) is 0 Å². The molecule has 0 saturated heterocycles. The summed E-state index contributed by atoms with van der Waals surface area (Å²) < 4.78 is 0. The summed E-state index contributed by atoms with van der Waals surface area (Å²) >= 11 is 0. The zero-order chi connectivity index (χ0) is 12.5. The molecule has 4 nitrogen and oxygen atoms in total. The van der Waals surface area contributed by atoms with Gasteiger partial charge in [0.15, 0.2) is 5.82 Å². The van der Waals surface area contributed by atoms with Gasteiger partial charge in [-0.15, -0.1) is 10.2 Å². The van der Waals surface area contributed by atoms with Crippen LogP contribution >= 0.6 is 0 Å². The fourth-order valence-electron chi connectivity index (χ4n) is 2.04. The molecule has 2 N–H and O–H groups in total. The van der Waals surface area contributed by atoms with Crippen LogP contribution in [-0.4, -0.2) is 15.2 Å². The van der Waals surface area contributed by atoms with Gasteiger partial charge in [0.05, 0.1) is 0 Å². The smallest absolute Gasteiger partial charge is 0.154 e. The van der Waals surface area contributed by atoms with E-state index in [-0.39, 0.29) is 0 Å². The minimum atomic E-state index is 0.455. The summed E-state index contributed by atoms with van der Waals surface area (Å²) in [6.07, 6.45) is 3.58. The van der Waals surface area contributed by atoms with Gasteiger partial charge in [0, 0.05) is 28.7 Å². The van der Waals surface area contributed by atoms with E-state index < -0.39 is 0 Å². The maximum Gasteiger partial charge on any atom is 0.154 e. The fourth-order valence-corrected chi connectivity index (χ4v) is 2.04. The lowest BCUT2D eigenvalue weighted by atomic mass is 10.0. The number of pyridine rings is 1. The maximum atomic E-state index is 5.85. The van der Waals surface area contributed by atoms with E-state index in [9.17, 15) is 0 Å². The Bertz CT molecular complexity index is 722. The molecule has 88 valence electrons. The Labute approximate surface area is 105 Å². The van der Waals surface area contributed by atoms with Crippen molar-refractivity contribution in [2.75, 3.05) is 5.73 Å². The number of nitrogens with two attached hydrogens (primary N) is 1. The summed E-state index contributed by atoms with van der Waals surface area (Å²) in [5.41, 5.74) is 8.78. The highest BCUT2D eigenvalue weighted by molar-refractivity contribution is 5.99. The highest BCUT2D eigenvalue weighted by Crippen LogP contribution is 2.29. The maximum absolute atomic E-state index is 5.85. The van der Waals surface area contributed by atoms with E-state index in [4.69, 9.17) is 5.73 Å². The van der Waals surface area contributed by atoms with Crippen molar-refractivity contribution in [2.24, 2.45) is 0 Å². The molecule has 0 fully saturated rings. The Balaban J connectivity index is 2.38. The molecule has 0 atom stereocenters. The average molecular weight is 236 g/mol. The van der Waals surface area contributed by atoms with Gasteiger partial charge in [-0.05, 0) is 18.6 Å². The SMILES string of the molecule is Cc1ccncc1-c1nnc(N)c2ccccc12. The average Bonchev–Trinajstić information content (AvgIpc) is 2.41. The quantitative estimate of drug-likeness (QED) is 0.705. The van der Waals surface area contributed by atoms with E-state index in [1.165, 1.54) is 0 Å². The van der Waals surface area contributed by atoms with Crippen molar-refractivity contribution < 1.29 is 0 Å². The van der Waals surface area contributed by atoms with Gasteiger partial charge in [0.25, 0.3) is 0 Å². The van der Waals surface area contributed by atoms with Crippen molar-refractivity contribution in [3.8, 4) is 11.3 Å². The number of aryl methyl sites for hydroxylation is 1. The lowest BCUT2D eigenvalue weighted by Gasteiger charge is -2.08. The first-order valence-corrected chi connectivity index (χ1v) is 5.69. The number of nitrogen functional groups attached to an aromatic ring is 1. The van der Waals surface area contributed by atoms with Crippen LogP contribution in [0.2, 0.25) is 0 Å². The first-order valence-electron chi connectivity index (χ1n) is 5.69. The number of hydrogen-bond donors (Lipinski definition) is 1. The van der Waals surface area contributed by atoms with Crippen LogP contribution in [0.3, 0.4) is 0 Å². The fraction of sp³-hybridized carbons (Fsp3) is 0.0714. The predicted molar refractivity (Wildman–Crippen MR) is 71.9 cm³/mol. The molecule has 0 radical (unpaired) electrons. The van der Waals surface area contributed by atoms with Crippen LogP contribution in [-0.2, 0) is 0 Å². The zero-order valence-electron chi connectivity index (χ0n) is 9.96. The van der Waals surface area contributed by atoms with Gasteiger partial charge in [-0.2, -0.15) is 0 Å². The molecule has 2 heterocycles. The highest BCUT2D eigenvalue weighted by Gasteiger charge is 2.10. The van der Waals surface area contributed by atoms with Crippen molar-refractivity contribution in [1.82, 2.24) is 15.2 Å². The third kappa shape index (κ3) is 1.59. The predicted octanol–water partition coefficient (Wildman–Crippen LogP) is 2.58. The molecule has 0 aliphatic rings. The van der Waals surface area contributed by atoms with E-state index >= 15 is 0 Å². The Morgan fingerprint density at radius 2 is 1.78 bits per heavy atom. The Kier molecular flexibility index (Phi) is 2.41. The molecule has 0 aliphatic heterocycles. The molecular formula is C14H12N4. The number of nitrogens with zero attached hydrogens (tertiary/aromatic N) is 3. The van der Waals surface area contributed by atoms with Gasteiger partial charge in [-0.3, -0.25) is 4.98 Å². The van der Waals surface area contributed by atoms with Gasteiger partial charge in [-0.1, -0.05) is 24.3 Å². The summed E-state index contributed by atoms with van der Waals surface area (Å²) in [6.45, 7) is 2.03. The zero-order valence-corrected chi connectivity index (χ0v) is 9.96. The molecule has 0 amide bonds. The molecule has 3 rings (SSSR count). The second-order valence-electron chi connectivity index (χ2n) is 4.17. The van der Waals surface area contributed by atoms with E-state index in [1.54, 1.807) is 6.20 Å². The molecule has 2 aromatic heterocycles. The minimum absolute atomic E-state index is 0.455. The molecule has 3 aromatic rings. The molecule has 0 saturated carbocycles. The molecule has 1 aromatic carbocycles. The van der Waals surface area contributed by atoms with Gasteiger partial charge in [0.1, 0.15) is 5.69 Å². The van der Waals surface area contributed by atoms with Crippen molar-refractivity contribution in [2.45, 2.75) is 6.92 Å². The van der Waals surface area contributed by atoms with Crippen LogP contribution in [0.4, 0.5) is 5.82 Å². The van der Waals surface area contributed by atoms with Gasteiger partial charge in [0.2, 0.25) is 0 Å². The monoisotopic (exact) mass is 236 g/mol. The Morgan fingerprint density at radius 3 is 2.56 bits per heavy atom. The van der Waals surface area contributed by atoms with E-state index in [1.807, 2.05) is 43.5 Å². The van der Waals surface area contributed by atoms with Crippen molar-refractivity contribution in [3.05, 3.63) is 48.3 Å². The van der Waals surface area contributed by atoms with Crippen LogP contribution in [0.1, 0.15) is 5.56 Å². The standard InChI is InChI=1S/C14H12N4/c1-9-6-7-16-8-12(9)13-10-4-2-3-5-11(10)14(15)18-17-13/h2-8H,1H3,(H2,15,18). The van der Waals surface area contributed by atoms with E-state index in [0.29, 0.717) is 5.82 Å². The normalized spacial score (nSPS) is 10.7. The summed E-state index contributed by atoms with van der Waals surface area (Å²) in [7, 11) is 0. The van der Waals surface area contributed by atoms with Crippen LogP contribution < -0.4 is 5.73 Å². The number of hydrogen-bond acceptors (Lipinski definition) is 4. The molecule has 4 heteroatoms. The highest BCUT2D eigenvalue weighted by atomic mass is 15.1. The lowest BCUT2D eigenvalue weighted by molar-refractivity contribution is 1.06. The molecule has 0 aliphatic carbocycles. The van der Waals surface area contributed by atoms with Gasteiger partial charge >= 0.3 is 0 Å². The van der Waals surface area contributed by atoms with Crippen LogP contribution in [0.25, 0.3) is 22.0 Å². The van der Waals surface area contributed by atoms with E-state index in [0.717, 1.165) is 27.6 Å². The third-order valence-corrected chi connectivity index (χ3v) is 3.01. The summed E-state index contributed by atoms with van der Waals surface area (Å²) in [5, 5.41) is 10.2. The van der Waals surface area contributed by atoms with Crippen LogP contribution in [0, 0.1) is 6.92 Å². The third-order valence-electron chi connectivity index (χ3n) is 3.01. The first kappa shape index (κ1) is 10.7. The second-order valence-corrected chi connectivity index (χ2v) is 4.17. The summed E-state index contributed by atoms with van der Waals surface area (Å²) in [4.78, 5) is 4.15. The van der Waals surface area contributed by atoms with Crippen molar-refractivity contribution in [1.29, 1.82) is 0 Å². The molecule has 0 unspecified atom stereocenters. The first-order chi connectivity index (χ1) is 8.77. The summed E-state index contributed by atoms with van der Waals surface area (Å²) in [6, 6.07) is 9.83. The molecule has 18 heavy (non-hydrogen) atoms. The Hall–Kier alpha value is -2.49. The van der Waals surface area contributed by atoms with Crippen molar-refractivity contribution in [3.63, 3.8) is 0 Å². The lowest BCUT2D eigenvalue weighted by Crippen LogP contribution is -1.98. The number of anilines is 1. The van der Waals surface area contributed by atoms with E-state index in [2.05, 4.69) is 15.2 Å². The minimum Gasteiger partial charge on any atom is -0.382 e. The summed E-state index contributed by atoms with van der Waals surface area (Å²) in [5.74, 6) is 0.455. The van der Waals surface area contributed by atoms with Crippen molar-refractivity contribution >= 4 is 16.6 Å². The number of benzene rings is 1. The molecular weight excluding hydrogens is 224 g/mol.